The summed E-state index contributed by atoms with van der Waals surface area (Å²) in [5.74, 6) is 0.926. The van der Waals surface area contributed by atoms with Crippen LogP contribution in [0, 0.1) is 0 Å². The van der Waals surface area contributed by atoms with Gasteiger partial charge in [0.15, 0.2) is 0 Å². The van der Waals surface area contributed by atoms with Gasteiger partial charge in [0.1, 0.15) is 0 Å². The molecule has 0 spiro atoms. The van der Waals surface area contributed by atoms with E-state index < -0.39 is 0 Å². The summed E-state index contributed by atoms with van der Waals surface area (Å²) in [6.07, 6.45) is 0. The highest BCUT2D eigenvalue weighted by atomic mass is 32.2. The minimum Gasteiger partial charge on any atom is -0.395 e. The Morgan fingerprint density at radius 2 is 2.36 bits per heavy atom. The van der Waals surface area contributed by atoms with Gasteiger partial charge in [0.2, 0.25) is 0 Å². The van der Waals surface area contributed by atoms with E-state index in [1.807, 2.05) is 0 Å². The van der Waals surface area contributed by atoms with Crippen molar-refractivity contribution in [2.24, 2.45) is 0 Å². The molecule has 1 unspecified atom stereocenters. The van der Waals surface area contributed by atoms with E-state index in [9.17, 15) is 0 Å². The van der Waals surface area contributed by atoms with Gasteiger partial charge in [0.25, 0.3) is 0 Å². The second kappa shape index (κ2) is 6.45. The highest BCUT2D eigenvalue weighted by Crippen LogP contribution is 2.23. The van der Waals surface area contributed by atoms with Crippen LogP contribution in [0.1, 0.15) is 13.8 Å². The predicted octanol–water partition coefficient (Wildman–Crippen LogP) is 2.20. The molecule has 1 aromatic rings. The maximum atomic E-state index is 9.13. The Labute approximate surface area is 93.7 Å². The molecular weight excluding hydrogens is 214 g/mol. The van der Waals surface area contributed by atoms with Crippen molar-refractivity contribution in [2.45, 2.75) is 30.1 Å². The molecule has 0 fully saturated rings. The van der Waals surface area contributed by atoms with Crippen LogP contribution in [-0.4, -0.2) is 29.5 Å². The first-order chi connectivity index (χ1) is 6.72. The molecule has 0 aliphatic carbocycles. The lowest BCUT2D eigenvalue weighted by Gasteiger charge is -2.18. The zero-order valence-corrected chi connectivity index (χ0v) is 10.2. The van der Waals surface area contributed by atoms with Gasteiger partial charge in [-0.15, -0.1) is 23.1 Å². The molecule has 4 heteroatoms. The second-order valence-electron chi connectivity index (χ2n) is 3.44. The topological polar surface area (TPSA) is 32.3 Å². The van der Waals surface area contributed by atoms with E-state index in [1.165, 1.54) is 4.21 Å². The number of hydrogen-bond acceptors (Lipinski definition) is 4. The minimum absolute atomic E-state index is 0.196. The Bertz CT molecular complexity index is 236. The van der Waals surface area contributed by atoms with Gasteiger partial charge in [-0.2, -0.15) is 0 Å². The van der Waals surface area contributed by atoms with Crippen LogP contribution in [0.3, 0.4) is 0 Å². The Morgan fingerprint density at radius 1 is 1.57 bits per heavy atom. The number of rotatable bonds is 6. The molecule has 0 saturated carbocycles. The molecule has 0 amide bonds. The highest BCUT2D eigenvalue weighted by molar-refractivity contribution is 8.01. The molecule has 1 heterocycles. The number of hydrogen-bond donors (Lipinski definition) is 2. The summed E-state index contributed by atoms with van der Waals surface area (Å²) in [7, 11) is 0. The SMILES string of the molecule is CC(C)NC(CO)CSc1cccs1. The normalized spacial score (nSPS) is 13.4. The Kier molecular flexibility index (Phi) is 5.55. The van der Waals surface area contributed by atoms with Crippen molar-refractivity contribution in [3.63, 3.8) is 0 Å². The molecule has 14 heavy (non-hydrogen) atoms. The molecule has 0 radical (unpaired) electrons. The first kappa shape index (κ1) is 12.0. The zero-order valence-electron chi connectivity index (χ0n) is 8.56. The molecule has 2 N–H and O–H groups in total. The lowest BCUT2D eigenvalue weighted by Crippen LogP contribution is -2.39. The van der Waals surface area contributed by atoms with Crippen LogP contribution < -0.4 is 5.32 Å². The van der Waals surface area contributed by atoms with Gasteiger partial charge >= 0.3 is 0 Å². The monoisotopic (exact) mass is 231 g/mol. The Morgan fingerprint density at radius 3 is 2.86 bits per heavy atom. The fourth-order valence-corrected chi connectivity index (χ4v) is 2.99. The maximum Gasteiger partial charge on any atom is 0.0599 e. The van der Waals surface area contributed by atoms with Crippen LogP contribution in [0.15, 0.2) is 21.7 Å². The van der Waals surface area contributed by atoms with E-state index in [0.717, 1.165) is 5.75 Å². The van der Waals surface area contributed by atoms with Gasteiger partial charge in [0.05, 0.1) is 10.8 Å². The first-order valence-electron chi connectivity index (χ1n) is 4.75. The fourth-order valence-electron chi connectivity index (χ4n) is 1.15. The molecule has 1 atom stereocenters. The van der Waals surface area contributed by atoms with E-state index in [0.29, 0.717) is 6.04 Å². The molecule has 1 aromatic heterocycles. The molecular formula is C10H17NOS2. The maximum absolute atomic E-state index is 9.13. The fraction of sp³-hybridized carbons (Fsp3) is 0.600. The third kappa shape index (κ3) is 4.46. The lowest BCUT2D eigenvalue weighted by molar-refractivity contribution is 0.247. The zero-order chi connectivity index (χ0) is 10.4. The van der Waals surface area contributed by atoms with Crippen molar-refractivity contribution in [1.82, 2.24) is 5.32 Å². The van der Waals surface area contributed by atoms with Gasteiger partial charge in [0, 0.05) is 17.8 Å². The number of thiophene rings is 1. The number of aliphatic hydroxyl groups is 1. The van der Waals surface area contributed by atoms with Crippen molar-refractivity contribution >= 4 is 23.1 Å². The van der Waals surface area contributed by atoms with Crippen molar-refractivity contribution in [1.29, 1.82) is 0 Å². The van der Waals surface area contributed by atoms with E-state index >= 15 is 0 Å². The molecule has 0 aromatic carbocycles. The van der Waals surface area contributed by atoms with Gasteiger partial charge < -0.3 is 10.4 Å². The standard InChI is InChI=1S/C10H17NOS2/c1-8(2)11-9(6-12)7-14-10-4-3-5-13-10/h3-5,8-9,11-12H,6-7H2,1-2H3. The smallest absolute Gasteiger partial charge is 0.0599 e. The molecule has 2 nitrogen and oxygen atoms in total. The Hall–Kier alpha value is -0.0300. The molecule has 0 aliphatic heterocycles. The van der Waals surface area contributed by atoms with Crippen LogP contribution in [-0.2, 0) is 0 Å². The summed E-state index contributed by atoms with van der Waals surface area (Å²) < 4.78 is 1.31. The van der Waals surface area contributed by atoms with Crippen LogP contribution in [0.25, 0.3) is 0 Å². The van der Waals surface area contributed by atoms with Crippen LogP contribution in [0.5, 0.6) is 0 Å². The summed E-state index contributed by atoms with van der Waals surface area (Å²) in [5.41, 5.74) is 0. The molecule has 0 aliphatic rings. The summed E-state index contributed by atoms with van der Waals surface area (Å²) in [6, 6.07) is 4.79. The van der Waals surface area contributed by atoms with Crippen LogP contribution in [0.2, 0.25) is 0 Å². The average molecular weight is 231 g/mol. The van der Waals surface area contributed by atoms with Crippen molar-refractivity contribution < 1.29 is 5.11 Å². The minimum atomic E-state index is 0.196. The molecule has 0 bridgehead atoms. The molecule has 80 valence electrons. The highest BCUT2D eigenvalue weighted by Gasteiger charge is 2.08. The molecule has 1 rings (SSSR count). The van der Waals surface area contributed by atoms with Crippen molar-refractivity contribution in [3.05, 3.63) is 17.5 Å². The van der Waals surface area contributed by atoms with E-state index in [-0.39, 0.29) is 12.6 Å². The van der Waals surface area contributed by atoms with E-state index in [1.54, 1.807) is 23.1 Å². The largest absolute Gasteiger partial charge is 0.395 e. The summed E-state index contributed by atoms with van der Waals surface area (Å²) in [5, 5.41) is 14.5. The van der Waals surface area contributed by atoms with Gasteiger partial charge in [-0.25, -0.2) is 0 Å². The summed E-state index contributed by atoms with van der Waals surface area (Å²) in [4.78, 5) is 0. The summed E-state index contributed by atoms with van der Waals surface area (Å²) >= 11 is 3.55. The average Bonchev–Trinajstić information content (AvgIpc) is 2.64. The third-order valence-electron chi connectivity index (χ3n) is 1.71. The predicted molar refractivity (Wildman–Crippen MR) is 64.2 cm³/mol. The van der Waals surface area contributed by atoms with Gasteiger partial charge in [-0.05, 0) is 11.4 Å². The number of thioether (sulfide) groups is 1. The third-order valence-corrected chi connectivity index (χ3v) is 4.00. The Balaban J connectivity index is 2.27. The quantitative estimate of drug-likeness (QED) is 0.736. The first-order valence-corrected chi connectivity index (χ1v) is 6.62. The summed E-state index contributed by atoms with van der Waals surface area (Å²) in [6.45, 7) is 4.40. The van der Waals surface area contributed by atoms with Gasteiger partial charge in [-0.1, -0.05) is 19.9 Å². The van der Waals surface area contributed by atoms with Crippen LogP contribution >= 0.6 is 23.1 Å². The number of nitrogens with one attached hydrogen (secondary N) is 1. The van der Waals surface area contributed by atoms with Crippen molar-refractivity contribution in [3.8, 4) is 0 Å². The number of aliphatic hydroxyl groups excluding tert-OH is 1. The lowest BCUT2D eigenvalue weighted by atomic mass is 10.3. The van der Waals surface area contributed by atoms with Crippen molar-refractivity contribution in [2.75, 3.05) is 12.4 Å². The van der Waals surface area contributed by atoms with E-state index in [4.69, 9.17) is 5.11 Å². The van der Waals surface area contributed by atoms with Crippen LogP contribution in [0.4, 0.5) is 0 Å². The van der Waals surface area contributed by atoms with Gasteiger partial charge in [-0.3, -0.25) is 0 Å². The molecule has 0 saturated heterocycles. The second-order valence-corrected chi connectivity index (χ2v) is 5.71. The van der Waals surface area contributed by atoms with E-state index in [2.05, 4.69) is 36.7 Å².